The predicted octanol–water partition coefficient (Wildman–Crippen LogP) is 3.66. The van der Waals surface area contributed by atoms with E-state index in [-0.39, 0.29) is 5.91 Å². The number of fused-ring (bicyclic) bond motifs is 1. The highest BCUT2D eigenvalue weighted by Gasteiger charge is 2.21. The van der Waals surface area contributed by atoms with Crippen molar-refractivity contribution in [2.24, 2.45) is 0 Å². The Bertz CT molecular complexity index is 839. The molecule has 0 unspecified atom stereocenters. The molecule has 1 saturated heterocycles. The number of morpholine rings is 1. The molecule has 0 bridgehead atoms. The molecule has 1 aromatic carbocycles. The highest BCUT2D eigenvalue weighted by molar-refractivity contribution is 7.22. The van der Waals surface area contributed by atoms with Gasteiger partial charge in [-0.2, -0.15) is 0 Å². The number of benzene rings is 1. The lowest BCUT2D eigenvalue weighted by atomic mass is 10.3. The zero-order valence-electron chi connectivity index (χ0n) is 15.2. The number of hydrogen-bond donors (Lipinski definition) is 0. The van der Waals surface area contributed by atoms with Gasteiger partial charge in [-0.3, -0.25) is 14.6 Å². The lowest BCUT2D eigenvalue weighted by molar-refractivity contribution is -0.118. The molecule has 1 aliphatic heterocycles. The van der Waals surface area contributed by atoms with Crippen molar-refractivity contribution in [2.45, 2.75) is 12.8 Å². The number of carbonyl (C=O) groups is 1. The summed E-state index contributed by atoms with van der Waals surface area (Å²) in [5.74, 6) is 0.124. The van der Waals surface area contributed by atoms with Crippen LogP contribution in [0.3, 0.4) is 0 Å². The molecule has 1 amide bonds. The second-order valence-corrected chi connectivity index (χ2v) is 8.61. The first kappa shape index (κ1) is 18.6. The largest absolute Gasteiger partial charge is 0.379 e. The van der Waals surface area contributed by atoms with Gasteiger partial charge in [-0.05, 0) is 30.0 Å². The fourth-order valence-electron chi connectivity index (χ4n) is 3.24. The smallest absolute Gasteiger partial charge is 0.234 e. The minimum Gasteiger partial charge on any atom is -0.379 e. The molecule has 0 saturated carbocycles. The summed E-state index contributed by atoms with van der Waals surface area (Å²) in [6, 6.07) is 12.1. The van der Waals surface area contributed by atoms with Gasteiger partial charge >= 0.3 is 0 Å². The minimum atomic E-state index is 0.124. The number of thiophene rings is 1. The van der Waals surface area contributed by atoms with Crippen molar-refractivity contribution in [3.63, 3.8) is 0 Å². The number of amides is 1. The molecule has 2 aromatic heterocycles. The number of rotatable bonds is 7. The maximum absolute atomic E-state index is 13.0. The SMILES string of the molecule is O=C(Cc1cccs1)N(CCCN1CCOCC1)c1nc2ccccc2s1. The summed E-state index contributed by atoms with van der Waals surface area (Å²) in [6.07, 6.45) is 1.37. The molecule has 7 heteroatoms. The zero-order chi connectivity index (χ0) is 18.5. The van der Waals surface area contributed by atoms with E-state index in [0.717, 1.165) is 59.5 Å². The van der Waals surface area contributed by atoms with Gasteiger partial charge in [-0.15, -0.1) is 11.3 Å². The second-order valence-electron chi connectivity index (χ2n) is 6.57. The second kappa shape index (κ2) is 8.93. The van der Waals surface area contributed by atoms with Crippen molar-refractivity contribution in [3.8, 4) is 0 Å². The highest BCUT2D eigenvalue weighted by Crippen LogP contribution is 2.29. The van der Waals surface area contributed by atoms with Gasteiger partial charge in [0.2, 0.25) is 5.91 Å². The lowest BCUT2D eigenvalue weighted by Gasteiger charge is -2.27. The molecule has 0 atom stereocenters. The van der Waals surface area contributed by atoms with Crippen LogP contribution in [0.1, 0.15) is 11.3 Å². The molecule has 3 heterocycles. The summed E-state index contributed by atoms with van der Waals surface area (Å²) in [5, 5.41) is 2.82. The Morgan fingerprint density at radius 1 is 1.19 bits per heavy atom. The summed E-state index contributed by atoms with van der Waals surface area (Å²) in [6.45, 7) is 5.24. The summed E-state index contributed by atoms with van der Waals surface area (Å²) in [7, 11) is 0. The van der Waals surface area contributed by atoms with Gasteiger partial charge in [-0.1, -0.05) is 29.5 Å². The minimum absolute atomic E-state index is 0.124. The lowest BCUT2D eigenvalue weighted by Crippen LogP contribution is -2.39. The highest BCUT2D eigenvalue weighted by atomic mass is 32.1. The number of thiazole rings is 1. The van der Waals surface area contributed by atoms with Gasteiger partial charge in [0, 0.05) is 31.1 Å². The van der Waals surface area contributed by atoms with Crippen LogP contribution in [-0.2, 0) is 16.0 Å². The van der Waals surface area contributed by atoms with E-state index in [4.69, 9.17) is 9.72 Å². The first-order valence-electron chi connectivity index (χ1n) is 9.28. The standard InChI is InChI=1S/C20H23N3O2S2/c24-19(15-16-5-3-14-26-16)23(9-4-8-22-10-12-25-13-11-22)20-21-17-6-1-2-7-18(17)27-20/h1-3,5-7,14H,4,8-13,15H2. The fourth-order valence-corrected chi connectivity index (χ4v) is 4.94. The van der Waals surface area contributed by atoms with Crippen LogP contribution in [0.5, 0.6) is 0 Å². The van der Waals surface area contributed by atoms with Crippen molar-refractivity contribution in [1.29, 1.82) is 0 Å². The number of hydrogen-bond acceptors (Lipinski definition) is 6. The van der Waals surface area contributed by atoms with E-state index in [1.165, 1.54) is 0 Å². The third-order valence-corrected chi connectivity index (χ3v) is 6.62. The maximum Gasteiger partial charge on any atom is 0.234 e. The zero-order valence-corrected chi connectivity index (χ0v) is 16.8. The Morgan fingerprint density at radius 3 is 2.81 bits per heavy atom. The Hall–Kier alpha value is -1.80. The average Bonchev–Trinajstić information content (AvgIpc) is 3.35. The van der Waals surface area contributed by atoms with Gasteiger partial charge < -0.3 is 4.74 Å². The summed E-state index contributed by atoms with van der Waals surface area (Å²) >= 11 is 3.22. The predicted molar refractivity (Wildman–Crippen MR) is 112 cm³/mol. The van der Waals surface area contributed by atoms with E-state index in [0.29, 0.717) is 13.0 Å². The quantitative estimate of drug-likeness (QED) is 0.606. The molecule has 3 aromatic rings. The molecule has 0 spiro atoms. The van der Waals surface area contributed by atoms with Crippen LogP contribution in [0.2, 0.25) is 0 Å². The molecule has 5 nitrogen and oxygen atoms in total. The number of nitrogens with zero attached hydrogens (tertiary/aromatic N) is 3. The third-order valence-electron chi connectivity index (χ3n) is 4.68. The number of aromatic nitrogens is 1. The summed E-state index contributed by atoms with van der Waals surface area (Å²) < 4.78 is 6.53. The van der Waals surface area contributed by atoms with Crippen molar-refractivity contribution < 1.29 is 9.53 Å². The van der Waals surface area contributed by atoms with Crippen molar-refractivity contribution in [2.75, 3.05) is 44.3 Å². The number of para-hydroxylation sites is 1. The van der Waals surface area contributed by atoms with E-state index in [1.54, 1.807) is 22.7 Å². The summed E-state index contributed by atoms with van der Waals surface area (Å²) in [5.41, 5.74) is 0.958. The summed E-state index contributed by atoms with van der Waals surface area (Å²) in [4.78, 5) is 23.1. The molecule has 4 rings (SSSR count). The van der Waals surface area contributed by atoms with Gasteiger partial charge in [0.25, 0.3) is 0 Å². The fraction of sp³-hybridized carbons (Fsp3) is 0.400. The Balaban J connectivity index is 1.48. The number of ether oxygens (including phenoxy) is 1. The molecule has 0 aliphatic carbocycles. The third kappa shape index (κ3) is 4.73. The van der Waals surface area contributed by atoms with E-state index in [1.807, 2.05) is 40.6 Å². The van der Waals surface area contributed by atoms with E-state index >= 15 is 0 Å². The van der Waals surface area contributed by atoms with Crippen LogP contribution in [0.15, 0.2) is 41.8 Å². The molecule has 0 radical (unpaired) electrons. The normalized spacial score (nSPS) is 15.3. The first-order valence-corrected chi connectivity index (χ1v) is 11.0. The van der Waals surface area contributed by atoms with Crippen LogP contribution >= 0.6 is 22.7 Å². The topological polar surface area (TPSA) is 45.7 Å². The van der Waals surface area contributed by atoms with Gasteiger partial charge in [0.1, 0.15) is 0 Å². The monoisotopic (exact) mass is 401 g/mol. The van der Waals surface area contributed by atoms with E-state index in [2.05, 4.69) is 11.0 Å². The van der Waals surface area contributed by atoms with Crippen molar-refractivity contribution in [1.82, 2.24) is 9.88 Å². The van der Waals surface area contributed by atoms with Gasteiger partial charge in [0.05, 0.1) is 29.9 Å². The molecule has 142 valence electrons. The molecule has 27 heavy (non-hydrogen) atoms. The van der Waals surface area contributed by atoms with Gasteiger partial charge in [0.15, 0.2) is 5.13 Å². The van der Waals surface area contributed by atoms with Crippen LogP contribution < -0.4 is 4.90 Å². The average molecular weight is 402 g/mol. The van der Waals surface area contributed by atoms with E-state index < -0.39 is 0 Å². The maximum atomic E-state index is 13.0. The van der Waals surface area contributed by atoms with Crippen LogP contribution in [0.4, 0.5) is 5.13 Å². The molecular formula is C20H23N3O2S2. The van der Waals surface area contributed by atoms with Crippen LogP contribution in [0.25, 0.3) is 10.2 Å². The Morgan fingerprint density at radius 2 is 2.04 bits per heavy atom. The number of carbonyl (C=O) groups excluding carboxylic acids is 1. The van der Waals surface area contributed by atoms with Gasteiger partial charge in [-0.25, -0.2) is 4.98 Å². The molecule has 1 fully saturated rings. The Labute approximate surface area is 167 Å². The molecule has 1 aliphatic rings. The van der Waals surface area contributed by atoms with Crippen molar-refractivity contribution >= 4 is 43.9 Å². The van der Waals surface area contributed by atoms with Crippen LogP contribution in [-0.4, -0.2) is 55.2 Å². The molecular weight excluding hydrogens is 378 g/mol. The van der Waals surface area contributed by atoms with Crippen LogP contribution in [0, 0.1) is 0 Å². The number of anilines is 1. The van der Waals surface area contributed by atoms with Crippen molar-refractivity contribution in [3.05, 3.63) is 46.7 Å². The Kier molecular flexibility index (Phi) is 6.14. The first-order chi connectivity index (χ1) is 13.3. The van der Waals surface area contributed by atoms with E-state index in [9.17, 15) is 4.79 Å². The molecule has 0 N–H and O–H groups in total.